The monoisotopic (exact) mass is 284 g/mol. The fraction of sp³-hybridized carbons (Fsp3) is 0.571. The van der Waals surface area contributed by atoms with Crippen LogP contribution in [0.4, 0.5) is 5.69 Å². The maximum Gasteiger partial charge on any atom is 0.274 e. The molecule has 5 heteroatoms. The zero-order chi connectivity index (χ0) is 14.4. The molecule has 4 nitrogen and oxygen atoms in total. The van der Waals surface area contributed by atoms with Gasteiger partial charge in [-0.15, -0.1) is 0 Å². The van der Waals surface area contributed by atoms with Gasteiger partial charge < -0.3 is 5.32 Å². The third-order valence-corrected chi connectivity index (χ3v) is 3.58. The van der Waals surface area contributed by atoms with Crippen molar-refractivity contribution in [2.75, 3.05) is 6.54 Å². The van der Waals surface area contributed by atoms with Crippen LogP contribution in [-0.4, -0.2) is 17.5 Å². The summed E-state index contributed by atoms with van der Waals surface area (Å²) in [6, 6.07) is 5.13. The van der Waals surface area contributed by atoms with Crippen molar-refractivity contribution in [2.24, 2.45) is 0 Å². The summed E-state index contributed by atoms with van der Waals surface area (Å²) in [6.07, 6.45) is 1.89. The first-order valence-corrected chi connectivity index (χ1v) is 7.06. The molecule has 0 radical (unpaired) electrons. The van der Waals surface area contributed by atoms with Gasteiger partial charge in [0.15, 0.2) is 0 Å². The Bertz CT molecular complexity index is 437. The van der Waals surface area contributed by atoms with E-state index in [0.29, 0.717) is 5.02 Å². The van der Waals surface area contributed by atoms with E-state index in [2.05, 4.69) is 19.2 Å². The van der Waals surface area contributed by atoms with Crippen LogP contribution in [0.3, 0.4) is 0 Å². The van der Waals surface area contributed by atoms with Crippen molar-refractivity contribution in [3.05, 3.63) is 38.9 Å². The zero-order valence-electron chi connectivity index (χ0n) is 11.6. The van der Waals surface area contributed by atoms with Crippen molar-refractivity contribution < 1.29 is 4.92 Å². The Hall–Kier alpha value is -1.13. The van der Waals surface area contributed by atoms with Gasteiger partial charge in [-0.25, -0.2) is 0 Å². The smallest absolute Gasteiger partial charge is 0.274 e. The molecular weight excluding hydrogens is 264 g/mol. The van der Waals surface area contributed by atoms with Crippen molar-refractivity contribution in [2.45, 2.75) is 45.6 Å². The van der Waals surface area contributed by atoms with Crippen LogP contribution in [-0.2, 0) is 0 Å². The minimum atomic E-state index is -0.351. The van der Waals surface area contributed by atoms with Crippen molar-refractivity contribution in [3.63, 3.8) is 0 Å². The Balaban J connectivity index is 3.07. The lowest BCUT2D eigenvalue weighted by atomic mass is 9.89. The number of nitrogens with one attached hydrogen (secondary N) is 1. The number of halogens is 1. The molecule has 0 heterocycles. The topological polar surface area (TPSA) is 55.2 Å². The van der Waals surface area contributed by atoms with Crippen LogP contribution in [0.2, 0.25) is 5.02 Å². The highest BCUT2D eigenvalue weighted by molar-refractivity contribution is 6.30. The first-order valence-electron chi connectivity index (χ1n) is 6.68. The summed E-state index contributed by atoms with van der Waals surface area (Å²) in [5.41, 5.74) is 0.873. The van der Waals surface area contributed by atoms with Gasteiger partial charge in [0.25, 0.3) is 5.69 Å². The van der Waals surface area contributed by atoms with Crippen LogP contribution in [0, 0.1) is 10.1 Å². The number of nitro groups is 1. The van der Waals surface area contributed by atoms with Crippen LogP contribution in [0.1, 0.15) is 45.1 Å². The summed E-state index contributed by atoms with van der Waals surface area (Å²) in [6.45, 7) is 7.14. The largest absolute Gasteiger partial charge is 0.314 e. The van der Waals surface area contributed by atoms with Gasteiger partial charge in [0.05, 0.1) is 4.92 Å². The van der Waals surface area contributed by atoms with Crippen molar-refractivity contribution in [1.29, 1.82) is 0 Å². The SMILES string of the molecule is CCCNC(C)C(CC)c1ccc(Cl)cc1[N+](=O)[O-]. The molecule has 0 spiro atoms. The van der Waals surface area contributed by atoms with E-state index in [-0.39, 0.29) is 22.6 Å². The number of nitro benzene ring substituents is 1. The Labute approximate surface area is 119 Å². The second-order valence-electron chi connectivity index (χ2n) is 4.72. The van der Waals surface area contributed by atoms with E-state index < -0.39 is 0 Å². The first-order chi connectivity index (χ1) is 9.01. The van der Waals surface area contributed by atoms with E-state index >= 15 is 0 Å². The standard InChI is InChI=1S/C14H21ClN2O2/c1-4-8-16-10(3)12(5-2)13-7-6-11(15)9-14(13)17(18)19/h6-7,9-10,12,16H,4-5,8H2,1-3H3. The average molecular weight is 285 g/mol. The van der Waals surface area contributed by atoms with E-state index in [9.17, 15) is 10.1 Å². The van der Waals surface area contributed by atoms with Gasteiger partial charge >= 0.3 is 0 Å². The van der Waals surface area contributed by atoms with Crippen LogP contribution in [0.5, 0.6) is 0 Å². The van der Waals surface area contributed by atoms with Crippen LogP contribution in [0.25, 0.3) is 0 Å². The molecule has 0 aliphatic heterocycles. The minimum absolute atomic E-state index is 0.115. The third kappa shape index (κ3) is 4.18. The van der Waals surface area contributed by atoms with Gasteiger partial charge in [-0.2, -0.15) is 0 Å². The summed E-state index contributed by atoms with van der Waals surface area (Å²) in [5, 5.41) is 15.0. The normalized spacial score (nSPS) is 14.1. The molecule has 0 saturated carbocycles. The summed E-state index contributed by atoms with van der Waals surface area (Å²) >= 11 is 5.85. The lowest BCUT2D eigenvalue weighted by Crippen LogP contribution is -2.32. The second-order valence-corrected chi connectivity index (χ2v) is 5.15. The molecule has 0 fully saturated rings. The van der Waals surface area contributed by atoms with Crippen molar-refractivity contribution in [3.8, 4) is 0 Å². The molecule has 2 atom stereocenters. The molecule has 1 aromatic rings. The number of benzene rings is 1. The van der Waals surface area contributed by atoms with E-state index in [1.54, 1.807) is 12.1 Å². The molecule has 0 aliphatic carbocycles. The molecular formula is C14H21ClN2O2. The number of rotatable bonds is 7. The van der Waals surface area contributed by atoms with Gasteiger partial charge in [0.2, 0.25) is 0 Å². The lowest BCUT2D eigenvalue weighted by Gasteiger charge is -2.24. The molecule has 2 unspecified atom stereocenters. The molecule has 1 aromatic carbocycles. The van der Waals surface area contributed by atoms with Gasteiger partial charge in [-0.3, -0.25) is 10.1 Å². The molecule has 0 saturated heterocycles. The lowest BCUT2D eigenvalue weighted by molar-refractivity contribution is -0.385. The summed E-state index contributed by atoms with van der Waals surface area (Å²) in [5.74, 6) is 0.115. The molecule has 19 heavy (non-hydrogen) atoms. The van der Waals surface area contributed by atoms with E-state index in [1.807, 2.05) is 6.92 Å². The summed E-state index contributed by atoms with van der Waals surface area (Å²) < 4.78 is 0. The van der Waals surface area contributed by atoms with Crippen LogP contribution in [0.15, 0.2) is 18.2 Å². The highest BCUT2D eigenvalue weighted by Gasteiger charge is 2.25. The fourth-order valence-corrected chi connectivity index (χ4v) is 2.51. The molecule has 0 aliphatic rings. The maximum absolute atomic E-state index is 11.2. The summed E-state index contributed by atoms with van der Waals surface area (Å²) in [4.78, 5) is 10.8. The Kier molecular flexibility index (Phi) is 6.25. The molecule has 1 rings (SSSR count). The van der Waals surface area contributed by atoms with Crippen molar-refractivity contribution in [1.82, 2.24) is 5.32 Å². The zero-order valence-corrected chi connectivity index (χ0v) is 12.4. The van der Waals surface area contributed by atoms with Gasteiger partial charge in [0.1, 0.15) is 0 Å². The van der Waals surface area contributed by atoms with E-state index in [4.69, 9.17) is 11.6 Å². The van der Waals surface area contributed by atoms with Crippen LogP contribution < -0.4 is 5.32 Å². The van der Waals surface area contributed by atoms with E-state index in [0.717, 1.165) is 24.9 Å². The van der Waals surface area contributed by atoms with E-state index in [1.165, 1.54) is 6.07 Å². The molecule has 0 amide bonds. The quantitative estimate of drug-likeness (QED) is 0.605. The molecule has 0 aromatic heterocycles. The number of hydrogen-bond acceptors (Lipinski definition) is 3. The van der Waals surface area contributed by atoms with Crippen molar-refractivity contribution >= 4 is 17.3 Å². The van der Waals surface area contributed by atoms with Crippen LogP contribution >= 0.6 is 11.6 Å². The Morgan fingerprint density at radius 1 is 1.42 bits per heavy atom. The predicted octanol–water partition coefficient (Wildman–Crippen LogP) is 4.13. The fourth-order valence-electron chi connectivity index (χ4n) is 2.35. The first kappa shape index (κ1) is 15.9. The molecule has 0 bridgehead atoms. The summed E-state index contributed by atoms with van der Waals surface area (Å²) in [7, 11) is 0. The molecule has 106 valence electrons. The highest BCUT2D eigenvalue weighted by Crippen LogP contribution is 2.33. The predicted molar refractivity (Wildman–Crippen MR) is 78.9 cm³/mol. The van der Waals surface area contributed by atoms with Gasteiger partial charge in [0, 0.05) is 28.6 Å². The minimum Gasteiger partial charge on any atom is -0.314 e. The highest BCUT2D eigenvalue weighted by atomic mass is 35.5. The third-order valence-electron chi connectivity index (χ3n) is 3.35. The Morgan fingerprint density at radius 2 is 2.11 bits per heavy atom. The maximum atomic E-state index is 11.2. The number of nitrogens with zero attached hydrogens (tertiary/aromatic N) is 1. The van der Waals surface area contributed by atoms with Gasteiger partial charge in [-0.05, 0) is 32.4 Å². The number of hydrogen-bond donors (Lipinski definition) is 1. The van der Waals surface area contributed by atoms with Gasteiger partial charge in [-0.1, -0.05) is 31.5 Å². The second kappa shape index (κ2) is 7.46. The average Bonchev–Trinajstić information content (AvgIpc) is 2.38. The Morgan fingerprint density at radius 3 is 2.63 bits per heavy atom. The molecule has 1 N–H and O–H groups in total.